The zero-order chi connectivity index (χ0) is 19.6. The lowest BCUT2D eigenvalue weighted by Gasteiger charge is -2.22. The average Bonchev–Trinajstić information content (AvgIpc) is 2.66. The second kappa shape index (κ2) is 10.8. The molecule has 1 aliphatic carbocycles. The van der Waals surface area contributed by atoms with Gasteiger partial charge in [0, 0.05) is 12.1 Å². The quantitative estimate of drug-likeness (QED) is 0.663. The second-order valence-electron chi connectivity index (χ2n) is 6.42. The lowest BCUT2D eigenvalue weighted by Crippen LogP contribution is -2.42. The van der Waals surface area contributed by atoms with Crippen molar-refractivity contribution >= 4 is 29.5 Å². The Balaban J connectivity index is 1.87. The van der Waals surface area contributed by atoms with Crippen LogP contribution in [0.2, 0.25) is 5.02 Å². The van der Waals surface area contributed by atoms with Crippen LogP contribution < -0.4 is 20.1 Å². The van der Waals surface area contributed by atoms with Crippen LogP contribution in [0.15, 0.2) is 18.2 Å². The Kier molecular flexibility index (Phi) is 8.45. The summed E-state index contributed by atoms with van der Waals surface area (Å²) in [7, 11) is 1.52. The van der Waals surface area contributed by atoms with E-state index in [1.165, 1.54) is 19.6 Å². The number of ether oxygens (including phenoxy) is 2. The third-order valence-corrected chi connectivity index (χ3v) is 4.64. The largest absolute Gasteiger partial charge is 0.491 e. The molecule has 7 heteroatoms. The maximum atomic E-state index is 12.0. The minimum Gasteiger partial charge on any atom is -0.491 e. The molecule has 0 aromatic heterocycles. The molecule has 0 radical (unpaired) electrons. The predicted octanol–water partition coefficient (Wildman–Crippen LogP) is 3.33. The summed E-state index contributed by atoms with van der Waals surface area (Å²) >= 11 is 6.19. The van der Waals surface area contributed by atoms with Crippen molar-refractivity contribution in [1.29, 1.82) is 0 Å². The molecule has 6 nitrogen and oxygen atoms in total. The van der Waals surface area contributed by atoms with E-state index >= 15 is 0 Å². The molecular formula is C20H27ClN2O4. The lowest BCUT2D eigenvalue weighted by molar-refractivity contribution is -0.124. The van der Waals surface area contributed by atoms with Crippen molar-refractivity contribution in [2.45, 2.75) is 45.1 Å². The Morgan fingerprint density at radius 3 is 2.67 bits per heavy atom. The first-order valence-electron chi connectivity index (χ1n) is 9.29. The van der Waals surface area contributed by atoms with Crippen molar-refractivity contribution in [2.24, 2.45) is 0 Å². The highest BCUT2D eigenvalue weighted by molar-refractivity contribution is 6.32. The Labute approximate surface area is 165 Å². The molecule has 0 spiro atoms. The van der Waals surface area contributed by atoms with Gasteiger partial charge >= 0.3 is 0 Å². The fourth-order valence-corrected chi connectivity index (χ4v) is 3.37. The highest BCUT2D eigenvalue weighted by atomic mass is 35.5. The SMILES string of the molecule is CCOc1cc(/C=C/C(=O)NCC(=O)NC2CCCCC2)cc(Cl)c1OC. The van der Waals surface area contributed by atoms with Crippen molar-refractivity contribution in [3.63, 3.8) is 0 Å². The summed E-state index contributed by atoms with van der Waals surface area (Å²) in [6.45, 7) is 2.30. The molecular weight excluding hydrogens is 368 g/mol. The zero-order valence-corrected chi connectivity index (χ0v) is 16.6. The van der Waals surface area contributed by atoms with E-state index in [1.54, 1.807) is 18.2 Å². The third kappa shape index (κ3) is 6.79. The van der Waals surface area contributed by atoms with E-state index in [0.29, 0.717) is 28.7 Å². The van der Waals surface area contributed by atoms with Crippen LogP contribution in [0.1, 0.15) is 44.6 Å². The van der Waals surface area contributed by atoms with Crippen LogP contribution in [0.5, 0.6) is 11.5 Å². The highest BCUT2D eigenvalue weighted by Crippen LogP contribution is 2.36. The molecule has 1 aliphatic rings. The summed E-state index contributed by atoms with van der Waals surface area (Å²) in [6, 6.07) is 3.66. The van der Waals surface area contributed by atoms with Crippen LogP contribution in [0.3, 0.4) is 0 Å². The summed E-state index contributed by atoms with van der Waals surface area (Å²) in [6.07, 6.45) is 8.53. The molecule has 0 atom stereocenters. The van der Waals surface area contributed by atoms with Gasteiger partial charge in [0.2, 0.25) is 11.8 Å². The van der Waals surface area contributed by atoms with Crippen LogP contribution >= 0.6 is 11.6 Å². The molecule has 148 valence electrons. The summed E-state index contributed by atoms with van der Waals surface area (Å²) in [5, 5.41) is 5.95. The molecule has 2 amide bonds. The van der Waals surface area contributed by atoms with E-state index < -0.39 is 0 Å². The summed E-state index contributed by atoms with van der Waals surface area (Å²) in [5.74, 6) is 0.465. The topological polar surface area (TPSA) is 76.7 Å². The predicted molar refractivity (Wildman–Crippen MR) is 106 cm³/mol. The highest BCUT2D eigenvalue weighted by Gasteiger charge is 2.15. The molecule has 0 unspecified atom stereocenters. The maximum absolute atomic E-state index is 12.0. The molecule has 2 N–H and O–H groups in total. The Morgan fingerprint density at radius 2 is 2.00 bits per heavy atom. The number of nitrogens with one attached hydrogen (secondary N) is 2. The first kappa shape index (κ1) is 21.1. The van der Waals surface area contributed by atoms with Gasteiger partial charge in [-0.2, -0.15) is 0 Å². The van der Waals surface area contributed by atoms with Crippen molar-refractivity contribution in [1.82, 2.24) is 10.6 Å². The molecule has 27 heavy (non-hydrogen) atoms. The number of carbonyl (C=O) groups excluding carboxylic acids is 2. The molecule has 0 bridgehead atoms. The third-order valence-electron chi connectivity index (χ3n) is 4.36. The normalized spacial score (nSPS) is 14.8. The number of benzene rings is 1. The van der Waals surface area contributed by atoms with Crippen molar-refractivity contribution in [3.05, 3.63) is 28.8 Å². The number of hydrogen-bond acceptors (Lipinski definition) is 4. The standard InChI is InChI=1S/C20H27ClN2O4/c1-3-27-17-12-14(11-16(21)20(17)26-2)9-10-18(24)22-13-19(25)23-15-7-5-4-6-8-15/h9-12,15H,3-8,13H2,1-2H3,(H,22,24)(H,23,25)/b10-9+. The van der Waals surface area contributed by atoms with Crippen molar-refractivity contribution in [3.8, 4) is 11.5 Å². The molecule has 0 saturated heterocycles. The first-order valence-corrected chi connectivity index (χ1v) is 9.67. The van der Waals surface area contributed by atoms with E-state index in [-0.39, 0.29) is 24.4 Å². The van der Waals surface area contributed by atoms with Gasteiger partial charge in [0.05, 0.1) is 25.3 Å². The number of methoxy groups -OCH3 is 1. The van der Waals surface area contributed by atoms with Gasteiger partial charge < -0.3 is 20.1 Å². The van der Waals surface area contributed by atoms with Crippen LogP contribution in [0.4, 0.5) is 0 Å². The van der Waals surface area contributed by atoms with Gasteiger partial charge in [0.25, 0.3) is 0 Å². The zero-order valence-electron chi connectivity index (χ0n) is 15.8. The molecule has 0 heterocycles. The van der Waals surface area contributed by atoms with Crippen LogP contribution in [0.25, 0.3) is 6.08 Å². The molecule has 1 fully saturated rings. The second-order valence-corrected chi connectivity index (χ2v) is 6.83. The van der Waals surface area contributed by atoms with Gasteiger partial charge in [-0.05, 0) is 43.5 Å². The summed E-state index contributed by atoms with van der Waals surface area (Å²) in [4.78, 5) is 23.9. The monoisotopic (exact) mass is 394 g/mol. The fraction of sp³-hybridized carbons (Fsp3) is 0.500. The smallest absolute Gasteiger partial charge is 0.244 e. The Hall–Kier alpha value is -2.21. The van der Waals surface area contributed by atoms with E-state index in [2.05, 4.69) is 10.6 Å². The fourth-order valence-electron chi connectivity index (χ4n) is 3.07. The van der Waals surface area contributed by atoms with Crippen LogP contribution in [0, 0.1) is 0 Å². The molecule has 1 saturated carbocycles. The molecule has 2 rings (SSSR count). The van der Waals surface area contributed by atoms with E-state index in [1.807, 2.05) is 6.92 Å². The van der Waals surface area contributed by atoms with Gasteiger partial charge in [-0.1, -0.05) is 30.9 Å². The van der Waals surface area contributed by atoms with E-state index in [0.717, 1.165) is 25.7 Å². The number of carbonyl (C=O) groups is 2. The van der Waals surface area contributed by atoms with Crippen LogP contribution in [-0.2, 0) is 9.59 Å². The number of rotatable bonds is 8. The van der Waals surface area contributed by atoms with E-state index in [9.17, 15) is 9.59 Å². The van der Waals surface area contributed by atoms with Crippen molar-refractivity contribution in [2.75, 3.05) is 20.3 Å². The van der Waals surface area contributed by atoms with Crippen molar-refractivity contribution < 1.29 is 19.1 Å². The number of amides is 2. The summed E-state index contributed by atoms with van der Waals surface area (Å²) < 4.78 is 10.7. The maximum Gasteiger partial charge on any atom is 0.244 e. The molecule has 1 aromatic rings. The van der Waals surface area contributed by atoms with Gasteiger partial charge in [-0.15, -0.1) is 0 Å². The number of hydrogen-bond donors (Lipinski definition) is 2. The van der Waals surface area contributed by atoms with E-state index in [4.69, 9.17) is 21.1 Å². The molecule has 0 aliphatic heterocycles. The molecule has 1 aromatic carbocycles. The van der Waals surface area contributed by atoms with Gasteiger partial charge in [-0.25, -0.2) is 0 Å². The van der Waals surface area contributed by atoms with Gasteiger partial charge in [-0.3, -0.25) is 9.59 Å². The minimum atomic E-state index is -0.348. The summed E-state index contributed by atoms with van der Waals surface area (Å²) in [5.41, 5.74) is 0.700. The number of halogens is 1. The first-order chi connectivity index (χ1) is 13.0. The Morgan fingerprint density at radius 1 is 1.26 bits per heavy atom. The lowest BCUT2D eigenvalue weighted by atomic mass is 9.95. The van der Waals surface area contributed by atoms with Gasteiger partial charge in [0.1, 0.15) is 0 Å². The van der Waals surface area contributed by atoms with Crippen LogP contribution in [-0.4, -0.2) is 38.1 Å². The average molecular weight is 395 g/mol. The van der Waals surface area contributed by atoms with Gasteiger partial charge in [0.15, 0.2) is 11.5 Å². The Bertz CT molecular complexity index is 685. The minimum absolute atomic E-state index is 0.0345.